The highest BCUT2D eigenvalue weighted by molar-refractivity contribution is 6.03. The largest absolute Gasteiger partial charge is 0.379 e. The summed E-state index contributed by atoms with van der Waals surface area (Å²) in [6, 6.07) is 1.37. The Hall–Kier alpha value is -2.50. The van der Waals surface area contributed by atoms with Crippen molar-refractivity contribution in [1.82, 2.24) is 15.6 Å². The van der Waals surface area contributed by atoms with E-state index in [2.05, 4.69) is 53.0 Å². The molecule has 25 heavy (non-hydrogen) atoms. The zero-order valence-corrected chi connectivity index (χ0v) is 15.5. The smallest absolute Gasteiger partial charge is 0.164 e. The van der Waals surface area contributed by atoms with Crippen LogP contribution >= 0.6 is 0 Å². The number of nitrogens with zero attached hydrogens (tertiary/aromatic N) is 3. The van der Waals surface area contributed by atoms with Gasteiger partial charge in [-0.25, -0.2) is 14.4 Å². The molecule has 136 valence electrons. The molecular formula is C19H28FN5. The minimum Gasteiger partial charge on any atom is -0.379 e. The van der Waals surface area contributed by atoms with E-state index >= 15 is 0 Å². The van der Waals surface area contributed by atoms with Crippen molar-refractivity contribution in [2.24, 2.45) is 15.9 Å². The van der Waals surface area contributed by atoms with Gasteiger partial charge in [-0.1, -0.05) is 39.8 Å². The van der Waals surface area contributed by atoms with Gasteiger partial charge in [-0.15, -0.1) is 0 Å². The fourth-order valence-corrected chi connectivity index (χ4v) is 2.13. The van der Waals surface area contributed by atoms with E-state index < -0.39 is 5.82 Å². The van der Waals surface area contributed by atoms with E-state index in [0.29, 0.717) is 17.2 Å². The fraction of sp³-hybridized carbons (Fsp3) is 0.421. The molecule has 6 heteroatoms. The normalized spacial score (nSPS) is 13.1. The summed E-state index contributed by atoms with van der Waals surface area (Å²) in [5.41, 5.74) is 1.49. The number of nitrogens with one attached hydrogen (secondary N) is 2. The van der Waals surface area contributed by atoms with E-state index in [1.165, 1.54) is 12.4 Å². The van der Waals surface area contributed by atoms with Crippen LogP contribution in [0.2, 0.25) is 0 Å². The summed E-state index contributed by atoms with van der Waals surface area (Å²) >= 11 is 0. The zero-order chi connectivity index (χ0) is 18.7. The lowest BCUT2D eigenvalue weighted by Gasteiger charge is -2.15. The summed E-state index contributed by atoms with van der Waals surface area (Å²) in [6.07, 6.45) is 8.11. The van der Waals surface area contributed by atoms with Gasteiger partial charge in [0.15, 0.2) is 5.84 Å². The Balaban J connectivity index is 3.39. The van der Waals surface area contributed by atoms with Crippen LogP contribution in [0.1, 0.15) is 39.2 Å². The number of unbranched alkanes of at least 4 members (excludes halogenated alkanes) is 1. The van der Waals surface area contributed by atoms with Crippen molar-refractivity contribution in [1.29, 1.82) is 0 Å². The number of rotatable bonds is 9. The number of hydrogen-bond acceptors (Lipinski definition) is 3. The third-order valence-corrected chi connectivity index (χ3v) is 3.43. The van der Waals surface area contributed by atoms with Crippen molar-refractivity contribution in [2.75, 3.05) is 13.6 Å². The number of aliphatic imine (C=N–C) groups is 2. The van der Waals surface area contributed by atoms with Crippen molar-refractivity contribution >= 4 is 12.2 Å². The number of pyridine rings is 1. The predicted molar refractivity (Wildman–Crippen MR) is 103 cm³/mol. The van der Waals surface area contributed by atoms with Gasteiger partial charge in [-0.05, 0) is 24.0 Å². The summed E-state index contributed by atoms with van der Waals surface area (Å²) < 4.78 is 13.6. The lowest BCUT2D eigenvalue weighted by Crippen LogP contribution is -2.18. The molecular weight excluding hydrogens is 317 g/mol. The summed E-state index contributed by atoms with van der Waals surface area (Å²) in [4.78, 5) is 12.8. The van der Waals surface area contributed by atoms with Crippen molar-refractivity contribution in [3.63, 3.8) is 0 Å². The van der Waals surface area contributed by atoms with Crippen LogP contribution in [0.5, 0.6) is 0 Å². The van der Waals surface area contributed by atoms with Gasteiger partial charge in [0.25, 0.3) is 0 Å². The summed E-state index contributed by atoms with van der Waals surface area (Å²) in [7, 11) is 1.74. The average Bonchev–Trinajstić information content (AvgIpc) is 2.58. The highest BCUT2D eigenvalue weighted by Gasteiger charge is 2.11. The van der Waals surface area contributed by atoms with Gasteiger partial charge >= 0.3 is 0 Å². The first-order valence-electron chi connectivity index (χ1n) is 8.53. The molecule has 0 fully saturated rings. The Morgan fingerprint density at radius 1 is 1.40 bits per heavy atom. The first-order valence-corrected chi connectivity index (χ1v) is 8.53. The van der Waals surface area contributed by atoms with Gasteiger partial charge in [0.1, 0.15) is 11.6 Å². The van der Waals surface area contributed by atoms with Gasteiger partial charge in [-0.2, -0.15) is 0 Å². The standard InChI is InChI=1S/C19H28FN5/c1-6-8-9-23-19(17(7-2)14(3)4)25-18(24-13-21-5)15-10-16(20)12-22-11-15/h7,10-14,23H,2,6,8-9H2,1,3-5H3,(H,21,24,25)/b19-17-. The number of aromatic nitrogens is 1. The molecule has 0 saturated heterocycles. The minimum absolute atomic E-state index is 0.241. The zero-order valence-electron chi connectivity index (χ0n) is 15.5. The lowest BCUT2D eigenvalue weighted by atomic mass is 10.0. The molecule has 0 bridgehead atoms. The molecule has 0 saturated carbocycles. The van der Waals surface area contributed by atoms with Crippen LogP contribution in [0.3, 0.4) is 0 Å². The van der Waals surface area contributed by atoms with E-state index in [1.807, 2.05) is 0 Å². The van der Waals surface area contributed by atoms with Gasteiger partial charge in [0.2, 0.25) is 0 Å². The van der Waals surface area contributed by atoms with Crippen LogP contribution < -0.4 is 10.6 Å². The summed E-state index contributed by atoms with van der Waals surface area (Å²) in [6.45, 7) is 11.0. The van der Waals surface area contributed by atoms with Gasteiger partial charge in [0, 0.05) is 25.4 Å². The van der Waals surface area contributed by atoms with E-state index in [1.54, 1.807) is 19.3 Å². The van der Waals surface area contributed by atoms with Crippen molar-refractivity contribution < 1.29 is 4.39 Å². The highest BCUT2D eigenvalue weighted by atomic mass is 19.1. The molecule has 0 aliphatic heterocycles. The number of halogens is 1. The third-order valence-electron chi connectivity index (χ3n) is 3.43. The topological polar surface area (TPSA) is 61.7 Å². The second-order valence-corrected chi connectivity index (χ2v) is 5.82. The monoisotopic (exact) mass is 345 g/mol. The van der Waals surface area contributed by atoms with E-state index in [-0.39, 0.29) is 5.92 Å². The molecule has 0 aliphatic carbocycles. The van der Waals surface area contributed by atoms with Gasteiger partial charge in [0.05, 0.1) is 12.5 Å². The molecule has 0 atom stereocenters. The summed E-state index contributed by atoms with van der Waals surface area (Å²) in [5, 5.41) is 6.19. The Labute approximate surface area is 149 Å². The Morgan fingerprint density at radius 3 is 2.72 bits per heavy atom. The maximum Gasteiger partial charge on any atom is 0.164 e. The average molecular weight is 345 g/mol. The van der Waals surface area contributed by atoms with Crippen molar-refractivity contribution in [3.8, 4) is 0 Å². The Morgan fingerprint density at radius 2 is 2.16 bits per heavy atom. The SMILES string of the molecule is C=C/C(=C(/N=C(\N=C/NC)c1cncc(F)c1)NCCCC)C(C)C. The number of amidine groups is 1. The highest BCUT2D eigenvalue weighted by Crippen LogP contribution is 2.17. The predicted octanol–water partition coefficient (Wildman–Crippen LogP) is 3.66. The molecule has 0 radical (unpaired) electrons. The number of hydrogen-bond donors (Lipinski definition) is 2. The van der Waals surface area contributed by atoms with Crippen LogP contribution in [-0.2, 0) is 0 Å². The molecule has 1 heterocycles. The molecule has 0 aliphatic rings. The molecule has 1 aromatic heterocycles. The molecule has 1 aromatic rings. The quantitative estimate of drug-likeness (QED) is 0.311. The van der Waals surface area contributed by atoms with Crippen LogP contribution in [0.4, 0.5) is 4.39 Å². The second-order valence-electron chi connectivity index (χ2n) is 5.82. The Bertz CT molecular complexity index is 647. The molecule has 0 amide bonds. The first kappa shape index (κ1) is 20.5. The third kappa shape index (κ3) is 6.87. The van der Waals surface area contributed by atoms with Crippen LogP contribution in [0, 0.1) is 11.7 Å². The summed E-state index contributed by atoms with van der Waals surface area (Å²) in [5.74, 6) is 0.888. The molecule has 5 nitrogen and oxygen atoms in total. The molecule has 0 unspecified atom stereocenters. The molecule has 1 rings (SSSR count). The number of allylic oxidation sites excluding steroid dienone is 2. The van der Waals surface area contributed by atoms with Crippen LogP contribution in [0.25, 0.3) is 0 Å². The lowest BCUT2D eigenvalue weighted by molar-refractivity contribution is 0.621. The molecule has 0 aromatic carbocycles. The van der Waals surface area contributed by atoms with E-state index in [9.17, 15) is 4.39 Å². The van der Waals surface area contributed by atoms with Gasteiger partial charge < -0.3 is 10.6 Å². The first-order chi connectivity index (χ1) is 12.0. The van der Waals surface area contributed by atoms with Crippen molar-refractivity contribution in [3.05, 3.63) is 53.9 Å². The maximum absolute atomic E-state index is 13.6. The van der Waals surface area contributed by atoms with Crippen LogP contribution in [-0.4, -0.2) is 30.8 Å². The van der Waals surface area contributed by atoms with E-state index in [4.69, 9.17) is 0 Å². The maximum atomic E-state index is 13.6. The molecule has 2 N–H and O–H groups in total. The molecule has 0 spiro atoms. The van der Waals surface area contributed by atoms with Crippen molar-refractivity contribution in [2.45, 2.75) is 33.6 Å². The second kappa shape index (κ2) is 11.1. The Kier molecular flexibility index (Phi) is 9.14. The van der Waals surface area contributed by atoms with Gasteiger partial charge in [-0.3, -0.25) is 4.98 Å². The van der Waals surface area contributed by atoms with E-state index in [0.717, 1.165) is 31.2 Å². The fourth-order valence-electron chi connectivity index (χ4n) is 2.13. The van der Waals surface area contributed by atoms with Crippen LogP contribution in [0.15, 0.2) is 52.5 Å². The minimum atomic E-state index is -0.429.